The lowest BCUT2D eigenvalue weighted by Gasteiger charge is -2.23. The van der Waals surface area contributed by atoms with Crippen LogP contribution in [0.4, 0.5) is 4.79 Å². The molecule has 0 rings (SSSR count). The topological polar surface area (TPSA) is 81.7 Å². The molecule has 0 aromatic carbocycles. The molecule has 0 aliphatic heterocycles. The molecular weight excluding hydrogens is 246 g/mol. The van der Waals surface area contributed by atoms with E-state index in [1.54, 1.807) is 13.8 Å². The molecular formula is C13H27N3O3. The summed E-state index contributed by atoms with van der Waals surface area (Å²) in [5, 5.41) is 14.4. The number of nitrogens with zero attached hydrogens (tertiary/aromatic N) is 1. The van der Waals surface area contributed by atoms with Crippen molar-refractivity contribution in [2.24, 2.45) is 5.41 Å². The predicted octanol–water partition coefficient (Wildman–Crippen LogP) is 1.13. The van der Waals surface area contributed by atoms with Crippen LogP contribution in [0.3, 0.4) is 0 Å². The zero-order valence-electron chi connectivity index (χ0n) is 12.5. The van der Waals surface area contributed by atoms with Gasteiger partial charge in [0.2, 0.25) is 0 Å². The summed E-state index contributed by atoms with van der Waals surface area (Å²) in [4.78, 5) is 24.8. The fraction of sp³-hybridized carbons (Fsp3) is 0.846. The maximum atomic E-state index is 11.6. The number of aliphatic carboxylic acids is 1. The summed E-state index contributed by atoms with van der Waals surface area (Å²) >= 11 is 0. The number of amides is 2. The monoisotopic (exact) mass is 273 g/mol. The largest absolute Gasteiger partial charge is 0.481 e. The molecule has 3 N–H and O–H groups in total. The highest BCUT2D eigenvalue weighted by molar-refractivity contribution is 5.77. The molecule has 0 aliphatic rings. The molecule has 0 heterocycles. The molecule has 0 spiro atoms. The second-order valence-electron chi connectivity index (χ2n) is 4.86. The van der Waals surface area contributed by atoms with Gasteiger partial charge < -0.3 is 20.6 Å². The summed E-state index contributed by atoms with van der Waals surface area (Å²) in [6, 6.07) is -0.312. The van der Waals surface area contributed by atoms with Gasteiger partial charge in [-0.1, -0.05) is 20.8 Å². The highest BCUT2D eigenvalue weighted by atomic mass is 16.4. The fourth-order valence-electron chi connectivity index (χ4n) is 1.56. The maximum absolute atomic E-state index is 11.6. The van der Waals surface area contributed by atoms with Crippen LogP contribution in [-0.2, 0) is 4.79 Å². The summed E-state index contributed by atoms with van der Waals surface area (Å²) in [6.45, 7) is 11.0. The van der Waals surface area contributed by atoms with Crippen LogP contribution in [0.25, 0.3) is 0 Å². The Labute approximate surface area is 115 Å². The van der Waals surface area contributed by atoms with E-state index in [1.165, 1.54) is 0 Å². The normalized spacial score (nSPS) is 13.9. The number of carboxylic acids is 1. The molecule has 112 valence electrons. The third kappa shape index (κ3) is 6.42. The van der Waals surface area contributed by atoms with Gasteiger partial charge in [0, 0.05) is 19.6 Å². The Morgan fingerprint density at radius 2 is 1.74 bits per heavy atom. The highest BCUT2D eigenvalue weighted by Crippen LogP contribution is 2.19. The molecule has 0 aliphatic carbocycles. The predicted molar refractivity (Wildman–Crippen MR) is 75.2 cm³/mol. The number of urea groups is 1. The minimum Gasteiger partial charge on any atom is -0.481 e. The van der Waals surface area contributed by atoms with E-state index in [0.29, 0.717) is 13.0 Å². The molecule has 6 nitrogen and oxygen atoms in total. The van der Waals surface area contributed by atoms with Gasteiger partial charge >= 0.3 is 12.0 Å². The molecule has 0 radical (unpaired) electrons. The van der Waals surface area contributed by atoms with E-state index < -0.39 is 11.4 Å². The second kappa shape index (κ2) is 8.74. The molecule has 0 bridgehead atoms. The third-order valence-corrected chi connectivity index (χ3v) is 3.54. The van der Waals surface area contributed by atoms with Crippen molar-refractivity contribution in [3.05, 3.63) is 0 Å². The van der Waals surface area contributed by atoms with Crippen molar-refractivity contribution in [3.63, 3.8) is 0 Å². The lowest BCUT2D eigenvalue weighted by Crippen LogP contribution is -2.46. The number of hydrogen-bond acceptors (Lipinski definition) is 3. The average molecular weight is 273 g/mol. The number of rotatable bonds is 9. The minimum absolute atomic E-state index is 0.135. The summed E-state index contributed by atoms with van der Waals surface area (Å²) in [5.41, 5.74) is -0.907. The standard InChI is InChI=1S/C13H27N3O3/c1-5-13(4,11(17)18)10-15-12(19)14-8-9-16(6-2)7-3/h5-10H2,1-4H3,(H,17,18)(H2,14,15,19). The second-order valence-corrected chi connectivity index (χ2v) is 4.86. The molecule has 0 saturated carbocycles. The van der Waals surface area contributed by atoms with Crippen LogP contribution in [-0.4, -0.2) is 54.7 Å². The molecule has 2 amide bonds. The first kappa shape index (κ1) is 17.7. The number of carboxylic acid groups (broad SMARTS) is 1. The number of nitrogens with one attached hydrogen (secondary N) is 2. The Bertz CT molecular complexity index is 293. The van der Waals surface area contributed by atoms with Gasteiger partial charge in [-0.2, -0.15) is 0 Å². The van der Waals surface area contributed by atoms with E-state index in [1.807, 2.05) is 0 Å². The van der Waals surface area contributed by atoms with Crippen LogP contribution >= 0.6 is 0 Å². The Kier molecular flexibility index (Phi) is 8.14. The first-order valence-corrected chi connectivity index (χ1v) is 6.87. The van der Waals surface area contributed by atoms with Crippen LogP contribution < -0.4 is 10.6 Å². The van der Waals surface area contributed by atoms with Crippen LogP contribution in [0.2, 0.25) is 0 Å². The van der Waals surface area contributed by atoms with Gasteiger partial charge in [-0.3, -0.25) is 4.79 Å². The first-order chi connectivity index (χ1) is 8.89. The highest BCUT2D eigenvalue weighted by Gasteiger charge is 2.31. The van der Waals surface area contributed by atoms with Crippen molar-refractivity contribution >= 4 is 12.0 Å². The van der Waals surface area contributed by atoms with Crippen LogP contribution in [0.15, 0.2) is 0 Å². The lowest BCUT2D eigenvalue weighted by atomic mass is 9.88. The van der Waals surface area contributed by atoms with Crippen molar-refractivity contribution in [1.29, 1.82) is 0 Å². The minimum atomic E-state index is -0.907. The van der Waals surface area contributed by atoms with Crippen molar-refractivity contribution in [3.8, 4) is 0 Å². The van der Waals surface area contributed by atoms with Crippen molar-refractivity contribution in [2.45, 2.75) is 34.1 Å². The molecule has 1 unspecified atom stereocenters. The first-order valence-electron chi connectivity index (χ1n) is 6.87. The average Bonchev–Trinajstić information content (AvgIpc) is 2.40. The summed E-state index contributed by atoms with van der Waals surface area (Å²) < 4.78 is 0. The van der Waals surface area contributed by atoms with E-state index in [2.05, 4.69) is 29.4 Å². The molecule has 0 aromatic rings. The molecule has 1 atom stereocenters. The molecule has 0 saturated heterocycles. The summed E-state index contributed by atoms with van der Waals surface area (Å²) in [5.74, 6) is -0.890. The van der Waals surface area contributed by atoms with E-state index in [9.17, 15) is 9.59 Å². The van der Waals surface area contributed by atoms with E-state index >= 15 is 0 Å². The van der Waals surface area contributed by atoms with Crippen LogP contribution in [0.1, 0.15) is 34.1 Å². The Balaban J connectivity index is 3.96. The van der Waals surface area contributed by atoms with Gasteiger partial charge in [0.15, 0.2) is 0 Å². The van der Waals surface area contributed by atoms with Gasteiger partial charge in [-0.25, -0.2) is 4.79 Å². The molecule has 0 aromatic heterocycles. The van der Waals surface area contributed by atoms with Gasteiger partial charge in [0.1, 0.15) is 0 Å². The molecule has 0 fully saturated rings. The Morgan fingerprint density at radius 1 is 1.16 bits per heavy atom. The lowest BCUT2D eigenvalue weighted by molar-refractivity contribution is -0.147. The molecule has 19 heavy (non-hydrogen) atoms. The Hall–Kier alpha value is -1.30. The van der Waals surface area contributed by atoms with Crippen molar-refractivity contribution in [2.75, 3.05) is 32.7 Å². The third-order valence-electron chi connectivity index (χ3n) is 3.54. The maximum Gasteiger partial charge on any atom is 0.314 e. The Morgan fingerprint density at radius 3 is 2.16 bits per heavy atom. The van der Waals surface area contributed by atoms with Crippen molar-refractivity contribution in [1.82, 2.24) is 15.5 Å². The quantitative estimate of drug-likeness (QED) is 0.588. The van der Waals surface area contributed by atoms with E-state index in [0.717, 1.165) is 19.6 Å². The number of likely N-dealkylation sites (N-methyl/N-ethyl adjacent to an activating group) is 1. The smallest absolute Gasteiger partial charge is 0.314 e. The van der Waals surface area contributed by atoms with Gasteiger partial charge in [0.25, 0.3) is 0 Å². The van der Waals surface area contributed by atoms with Gasteiger partial charge in [-0.05, 0) is 26.4 Å². The number of carbonyl (C=O) groups excluding carboxylic acids is 1. The fourth-order valence-corrected chi connectivity index (χ4v) is 1.56. The number of carbonyl (C=O) groups is 2. The van der Waals surface area contributed by atoms with Gasteiger partial charge in [-0.15, -0.1) is 0 Å². The van der Waals surface area contributed by atoms with E-state index in [4.69, 9.17) is 5.11 Å². The molecule has 6 heteroatoms. The van der Waals surface area contributed by atoms with Crippen molar-refractivity contribution < 1.29 is 14.7 Å². The zero-order chi connectivity index (χ0) is 14.9. The summed E-state index contributed by atoms with van der Waals surface area (Å²) in [6.07, 6.45) is 0.474. The number of hydrogen-bond donors (Lipinski definition) is 3. The zero-order valence-corrected chi connectivity index (χ0v) is 12.5. The van der Waals surface area contributed by atoms with Crippen LogP contribution in [0.5, 0.6) is 0 Å². The SMILES string of the molecule is CCN(CC)CCNC(=O)NCC(C)(CC)C(=O)O. The summed E-state index contributed by atoms with van der Waals surface area (Å²) in [7, 11) is 0. The van der Waals surface area contributed by atoms with Crippen LogP contribution in [0, 0.1) is 5.41 Å². The van der Waals surface area contributed by atoms with Gasteiger partial charge in [0.05, 0.1) is 5.41 Å². The van der Waals surface area contributed by atoms with E-state index in [-0.39, 0.29) is 12.6 Å².